The molecule has 0 aliphatic heterocycles. The SMILES string of the molecule is CC(C1C=Cc2ccccc21)C1C=Cc2ccccc21. The third kappa shape index (κ3) is 1.68. The lowest BCUT2D eigenvalue weighted by molar-refractivity contribution is 0.482. The third-order valence-electron chi connectivity index (χ3n) is 4.81. The molecule has 0 saturated carbocycles. The van der Waals surface area contributed by atoms with Crippen molar-refractivity contribution in [2.45, 2.75) is 18.8 Å². The average Bonchev–Trinajstić information content (AvgIpc) is 3.11. The fourth-order valence-corrected chi connectivity index (χ4v) is 3.69. The molecule has 2 unspecified atom stereocenters. The number of allylic oxidation sites excluding steroid dienone is 2. The number of hydrogen-bond donors (Lipinski definition) is 0. The lowest BCUT2D eigenvalue weighted by Crippen LogP contribution is -2.13. The first-order valence-corrected chi connectivity index (χ1v) is 7.39. The van der Waals surface area contributed by atoms with Crippen LogP contribution in [0.3, 0.4) is 0 Å². The maximum atomic E-state index is 2.38. The standard InChI is InChI=1S/C20H18/c1-14(17-12-10-15-6-2-4-8-19(15)17)18-13-11-16-7-3-5-9-20(16)18/h2-14,17-18H,1H3. The van der Waals surface area contributed by atoms with Crippen molar-refractivity contribution in [2.24, 2.45) is 5.92 Å². The summed E-state index contributed by atoms with van der Waals surface area (Å²) in [5.41, 5.74) is 5.75. The molecule has 0 nitrogen and oxygen atoms in total. The molecule has 0 amide bonds. The highest BCUT2D eigenvalue weighted by Gasteiger charge is 2.30. The highest BCUT2D eigenvalue weighted by Crippen LogP contribution is 2.45. The van der Waals surface area contributed by atoms with E-state index in [0.29, 0.717) is 17.8 Å². The van der Waals surface area contributed by atoms with Gasteiger partial charge in [0.25, 0.3) is 0 Å². The van der Waals surface area contributed by atoms with Crippen LogP contribution in [0.15, 0.2) is 60.7 Å². The maximum Gasteiger partial charge on any atom is 0.00617 e. The normalized spacial score (nSPS) is 23.6. The van der Waals surface area contributed by atoms with Crippen molar-refractivity contribution in [3.63, 3.8) is 0 Å². The molecule has 4 rings (SSSR count). The van der Waals surface area contributed by atoms with Crippen LogP contribution in [-0.4, -0.2) is 0 Å². The third-order valence-corrected chi connectivity index (χ3v) is 4.81. The molecule has 0 heterocycles. The average molecular weight is 258 g/mol. The number of benzene rings is 2. The Labute approximate surface area is 120 Å². The van der Waals surface area contributed by atoms with Gasteiger partial charge in [0.15, 0.2) is 0 Å². The molecule has 98 valence electrons. The zero-order valence-corrected chi connectivity index (χ0v) is 11.7. The minimum Gasteiger partial charge on any atom is -0.0761 e. The van der Waals surface area contributed by atoms with Crippen LogP contribution >= 0.6 is 0 Å². The lowest BCUT2D eigenvalue weighted by Gasteiger charge is -2.25. The summed E-state index contributed by atoms with van der Waals surface area (Å²) in [6, 6.07) is 17.6. The van der Waals surface area contributed by atoms with E-state index in [4.69, 9.17) is 0 Å². The van der Waals surface area contributed by atoms with E-state index in [1.807, 2.05) is 0 Å². The van der Waals surface area contributed by atoms with E-state index in [0.717, 1.165) is 0 Å². The minimum atomic E-state index is 0.534. The molecule has 0 aromatic heterocycles. The van der Waals surface area contributed by atoms with E-state index >= 15 is 0 Å². The molecule has 0 heteroatoms. The molecule has 2 aliphatic rings. The van der Waals surface area contributed by atoms with Crippen molar-refractivity contribution >= 4 is 12.2 Å². The maximum absolute atomic E-state index is 2.38. The Kier molecular flexibility index (Phi) is 2.63. The molecule has 20 heavy (non-hydrogen) atoms. The van der Waals surface area contributed by atoms with E-state index in [1.165, 1.54) is 22.3 Å². The molecular formula is C20H18. The molecule has 2 aromatic carbocycles. The fourth-order valence-electron chi connectivity index (χ4n) is 3.69. The van der Waals surface area contributed by atoms with Gasteiger partial charge in [-0.1, -0.05) is 79.8 Å². The second kappa shape index (κ2) is 4.49. The number of hydrogen-bond acceptors (Lipinski definition) is 0. The summed E-state index contributed by atoms with van der Waals surface area (Å²) in [4.78, 5) is 0. The first-order chi connectivity index (χ1) is 9.84. The van der Waals surface area contributed by atoms with Gasteiger partial charge in [0.2, 0.25) is 0 Å². The summed E-state index contributed by atoms with van der Waals surface area (Å²) in [7, 11) is 0. The Morgan fingerprint density at radius 1 is 0.700 bits per heavy atom. The van der Waals surface area contributed by atoms with Gasteiger partial charge < -0.3 is 0 Å². The molecule has 0 N–H and O–H groups in total. The van der Waals surface area contributed by atoms with Crippen molar-refractivity contribution in [3.05, 3.63) is 82.9 Å². The van der Waals surface area contributed by atoms with E-state index in [9.17, 15) is 0 Å². The number of rotatable bonds is 2. The van der Waals surface area contributed by atoms with Crippen molar-refractivity contribution in [2.75, 3.05) is 0 Å². The Morgan fingerprint density at radius 3 is 1.65 bits per heavy atom. The zero-order valence-electron chi connectivity index (χ0n) is 11.7. The molecule has 0 saturated heterocycles. The van der Waals surface area contributed by atoms with Gasteiger partial charge in [-0.25, -0.2) is 0 Å². The Bertz CT molecular complexity index is 644. The highest BCUT2D eigenvalue weighted by atomic mass is 14.3. The largest absolute Gasteiger partial charge is 0.0761 e. The van der Waals surface area contributed by atoms with Crippen LogP contribution in [-0.2, 0) is 0 Å². The van der Waals surface area contributed by atoms with Crippen molar-refractivity contribution in [1.29, 1.82) is 0 Å². The minimum absolute atomic E-state index is 0.534. The lowest BCUT2D eigenvalue weighted by atomic mass is 9.78. The van der Waals surface area contributed by atoms with Gasteiger partial charge in [0, 0.05) is 11.8 Å². The monoisotopic (exact) mass is 258 g/mol. The summed E-state index contributed by atoms with van der Waals surface area (Å²) in [5.74, 6) is 1.66. The molecule has 0 spiro atoms. The smallest absolute Gasteiger partial charge is 0.00617 e. The van der Waals surface area contributed by atoms with Gasteiger partial charge in [0.1, 0.15) is 0 Å². The van der Waals surface area contributed by atoms with Gasteiger partial charge >= 0.3 is 0 Å². The summed E-state index contributed by atoms with van der Waals surface area (Å²) in [6.07, 6.45) is 9.32. The van der Waals surface area contributed by atoms with E-state index in [-0.39, 0.29) is 0 Å². The molecule has 2 aliphatic carbocycles. The van der Waals surface area contributed by atoms with Crippen LogP contribution in [0.25, 0.3) is 12.2 Å². The van der Waals surface area contributed by atoms with Crippen LogP contribution in [0.1, 0.15) is 41.0 Å². The Hall–Kier alpha value is -2.08. The number of fused-ring (bicyclic) bond motifs is 2. The quantitative estimate of drug-likeness (QED) is 0.690. The van der Waals surface area contributed by atoms with Gasteiger partial charge in [-0.2, -0.15) is 0 Å². The first kappa shape index (κ1) is 11.7. The topological polar surface area (TPSA) is 0 Å². The van der Waals surface area contributed by atoms with Crippen LogP contribution in [0.2, 0.25) is 0 Å². The van der Waals surface area contributed by atoms with Gasteiger partial charge in [0.05, 0.1) is 0 Å². The summed E-state index contributed by atoms with van der Waals surface area (Å²) in [5, 5.41) is 0. The predicted molar refractivity (Wildman–Crippen MR) is 85.6 cm³/mol. The second-order valence-electron chi connectivity index (χ2n) is 5.89. The molecule has 0 bridgehead atoms. The summed E-state index contributed by atoms with van der Waals surface area (Å²) in [6.45, 7) is 2.38. The highest BCUT2D eigenvalue weighted by molar-refractivity contribution is 5.65. The Balaban J connectivity index is 1.69. The molecule has 2 aromatic rings. The van der Waals surface area contributed by atoms with Crippen LogP contribution < -0.4 is 0 Å². The van der Waals surface area contributed by atoms with E-state index < -0.39 is 0 Å². The fraction of sp³-hybridized carbons (Fsp3) is 0.200. The molecule has 0 radical (unpaired) electrons. The van der Waals surface area contributed by atoms with E-state index in [1.54, 1.807) is 0 Å². The van der Waals surface area contributed by atoms with Crippen molar-refractivity contribution in [3.8, 4) is 0 Å². The van der Waals surface area contributed by atoms with Crippen molar-refractivity contribution in [1.82, 2.24) is 0 Å². The van der Waals surface area contributed by atoms with Crippen LogP contribution in [0, 0.1) is 5.92 Å². The summed E-state index contributed by atoms with van der Waals surface area (Å²) < 4.78 is 0. The zero-order chi connectivity index (χ0) is 13.5. The Morgan fingerprint density at radius 2 is 1.15 bits per heavy atom. The van der Waals surface area contributed by atoms with Gasteiger partial charge in [-0.3, -0.25) is 0 Å². The van der Waals surface area contributed by atoms with Gasteiger partial charge in [-0.15, -0.1) is 0 Å². The van der Waals surface area contributed by atoms with E-state index in [2.05, 4.69) is 79.8 Å². The van der Waals surface area contributed by atoms with Gasteiger partial charge in [-0.05, 0) is 28.2 Å². The second-order valence-corrected chi connectivity index (χ2v) is 5.89. The first-order valence-electron chi connectivity index (χ1n) is 7.39. The predicted octanol–water partition coefficient (Wildman–Crippen LogP) is 5.24. The molecular weight excluding hydrogens is 240 g/mol. The molecule has 2 atom stereocenters. The van der Waals surface area contributed by atoms with Crippen LogP contribution in [0.4, 0.5) is 0 Å². The van der Waals surface area contributed by atoms with Crippen molar-refractivity contribution < 1.29 is 0 Å². The van der Waals surface area contributed by atoms with Crippen LogP contribution in [0.5, 0.6) is 0 Å². The molecule has 0 fully saturated rings. The summed E-state index contributed by atoms with van der Waals surface area (Å²) >= 11 is 0.